The molecule has 0 aromatic heterocycles. The van der Waals surface area contributed by atoms with Crippen LogP contribution in [0.1, 0.15) is 37.3 Å². The van der Waals surface area contributed by atoms with E-state index in [-0.39, 0.29) is 35.7 Å². The molecule has 0 spiro atoms. The van der Waals surface area contributed by atoms with E-state index >= 15 is 0 Å². The summed E-state index contributed by atoms with van der Waals surface area (Å²) in [6.07, 6.45) is 2.41. The van der Waals surface area contributed by atoms with Crippen molar-refractivity contribution in [3.8, 4) is 0 Å². The fraction of sp³-hybridized carbons (Fsp3) is 0.529. The Morgan fingerprint density at radius 3 is 2.88 bits per heavy atom. The summed E-state index contributed by atoms with van der Waals surface area (Å²) in [6, 6.07) is 2.93. The van der Waals surface area contributed by atoms with Gasteiger partial charge in [-0.3, -0.25) is 9.59 Å². The van der Waals surface area contributed by atoms with Crippen LogP contribution in [0.4, 0.5) is 10.1 Å². The maximum Gasteiger partial charge on any atom is 0.247 e. The first kappa shape index (κ1) is 18.7. The number of amides is 2. The van der Waals surface area contributed by atoms with Gasteiger partial charge in [-0.1, -0.05) is 13.0 Å². The Morgan fingerprint density at radius 2 is 2.21 bits per heavy atom. The molecular formula is C17H23ClFN3O2. The lowest BCUT2D eigenvalue weighted by Crippen LogP contribution is -2.44. The van der Waals surface area contributed by atoms with Crippen LogP contribution < -0.4 is 10.6 Å². The van der Waals surface area contributed by atoms with Gasteiger partial charge in [0.05, 0.1) is 5.69 Å². The minimum absolute atomic E-state index is 0. The Bertz CT molecular complexity index is 639. The van der Waals surface area contributed by atoms with Gasteiger partial charge in [-0.05, 0) is 43.0 Å². The third-order valence-corrected chi connectivity index (χ3v) is 4.64. The predicted molar refractivity (Wildman–Crippen MR) is 92.7 cm³/mol. The predicted octanol–water partition coefficient (Wildman–Crippen LogP) is 2.23. The molecule has 1 unspecified atom stereocenters. The van der Waals surface area contributed by atoms with Crippen molar-refractivity contribution < 1.29 is 14.0 Å². The lowest BCUT2D eigenvalue weighted by molar-refractivity contribution is -0.135. The highest BCUT2D eigenvalue weighted by Gasteiger charge is 2.32. The van der Waals surface area contributed by atoms with Crippen LogP contribution in [0.5, 0.6) is 0 Å². The molecule has 2 amide bonds. The first-order chi connectivity index (χ1) is 11.1. The molecule has 5 nitrogen and oxygen atoms in total. The summed E-state index contributed by atoms with van der Waals surface area (Å²) in [5, 5.41) is 5.88. The van der Waals surface area contributed by atoms with Crippen LogP contribution >= 0.6 is 12.4 Å². The highest BCUT2D eigenvalue weighted by Crippen LogP contribution is 2.25. The smallest absolute Gasteiger partial charge is 0.247 e. The quantitative estimate of drug-likeness (QED) is 0.870. The van der Waals surface area contributed by atoms with E-state index in [1.54, 1.807) is 11.0 Å². The molecule has 1 aromatic rings. The summed E-state index contributed by atoms with van der Waals surface area (Å²) < 4.78 is 14.6. The molecule has 1 aromatic carbocycles. The van der Waals surface area contributed by atoms with Gasteiger partial charge in [0.2, 0.25) is 11.8 Å². The molecule has 0 aliphatic carbocycles. The SMILES string of the molecule is CCC(C(=O)Nc1ccc2c(c1F)CCNC2)N1CCCC1=O.Cl. The minimum Gasteiger partial charge on any atom is -0.331 e. The zero-order chi connectivity index (χ0) is 16.4. The molecular weight excluding hydrogens is 333 g/mol. The van der Waals surface area contributed by atoms with Crippen molar-refractivity contribution >= 4 is 29.9 Å². The van der Waals surface area contributed by atoms with Crippen LogP contribution in [0.15, 0.2) is 12.1 Å². The zero-order valence-electron chi connectivity index (χ0n) is 13.7. The van der Waals surface area contributed by atoms with E-state index < -0.39 is 6.04 Å². The van der Waals surface area contributed by atoms with Crippen molar-refractivity contribution in [1.29, 1.82) is 0 Å². The first-order valence-electron chi connectivity index (χ1n) is 8.23. The lowest BCUT2D eigenvalue weighted by Gasteiger charge is -2.26. The molecule has 2 aliphatic rings. The number of anilines is 1. The maximum absolute atomic E-state index is 14.6. The van der Waals surface area contributed by atoms with Gasteiger partial charge in [0.15, 0.2) is 0 Å². The molecule has 2 heterocycles. The Balaban J connectivity index is 0.00000208. The normalized spacial score (nSPS) is 17.9. The molecule has 132 valence electrons. The average molecular weight is 356 g/mol. The van der Waals surface area contributed by atoms with Gasteiger partial charge >= 0.3 is 0 Å². The lowest BCUT2D eigenvalue weighted by atomic mass is 9.99. The van der Waals surface area contributed by atoms with E-state index in [1.165, 1.54) is 0 Å². The van der Waals surface area contributed by atoms with Crippen LogP contribution in [0.3, 0.4) is 0 Å². The van der Waals surface area contributed by atoms with Crippen LogP contribution in [0, 0.1) is 5.82 Å². The average Bonchev–Trinajstić information content (AvgIpc) is 2.97. The number of benzene rings is 1. The monoisotopic (exact) mass is 355 g/mol. The summed E-state index contributed by atoms with van der Waals surface area (Å²) >= 11 is 0. The zero-order valence-corrected chi connectivity index (χ0v) is 14.5. The van der Waals surface area contributed by atoms with Crippen LogP contribution in [0.2, 0.25) is 0 Å². The van der Waals surface area contributed by atoms with Crippen molar-refractivity contribution in [1.82, 2.24) is 10.2 Å². The van der Waals surface area contributed by atoms with E-state index in [0.717, 1.165) is 18.5 Å². The number of nitrogens with one attached hydrogen (secondary N) is 2. The van der Waals surface area contributed by atoms with E-state index in [2.05, 4.69) is 10.6 Å². The fourth-order valence-electron chi connectivity index (χ4n) is 3.39. The van der Waals surface area contributed by atoms with Crippen molar-refractivity contribution in [2.24, 2.45) is 0 Å². The Kier molecular flexibility index (Phi) is 6.18. The molecule has 0 radical (unpaired) electrons. The number of carbonyl (C=O) groups excluding carboxylic acids is 2. The minimum atomic E-state index is -0.526. The van der Waals surface area contributed by atoms with Gasteiger partial charge in [-0.2, -0.15) is 0 Å². The highest BCUT2D eigenvalue weighted by atomic mass is 35.5. The second-order valence-corrected chi connectivity index (χ2v) is 6.10. The van der Waals surface area contributed by atoms with Gasteiger partial charge in [0.25, 0.3) is 0 Å². The van der Waals surface area contributed by atoms with Gasteiger partial charge < -0.3 is 15.5 Å². The van der Waals surface area contributed by atoms with Gasteiger partial charge in [-0.15, -0.1) is 12.4 Å². The molecule has 3 rings (SSSR count). The largest absolute Gasteiger partial charge is 0.331 e. The maximum atomic E-state index is 14.6. The highest BCUT2D eigenvalue weighted by molar-refractivity contribution is 5.97. The van der Waals surface area contributed by atoms with E-state index in [0.29, 0.717) is 37.9 Å². The van der Waals surface area contributed by atoms with Crippen molar-refractivity contribution in [2.75, 3.05) is 18.4 Å². The van der Waals surface area contributed by atoms with Crippen molar-refractivity contribution in [2.45, 2.75) is 45.2 Å². The van der Waals surface area contributed by atoms with Crippen molar-refractivity contribution in [3.63, 3.8) is 0 Å². The number of fused-ring (bicyclic) bond motifs is 1. The molecule has 1 fully saturated rings. The summed E-state index contributed by atoms with van der Waals surface area (Å²) in [7, 11) is 0. The number of likely N-dealkylation sites (tertiary alicyclic amines) is 1. The standard InChI is InChI=1S/C17H22FN3O2.ClH/c1-2-14(21-9-3-4-15(21)22)17(23)20-13-6-5-11-10-19-8-7-12(11)16(13)18;/h5-6,14,19H,2-4,7-10H2,1H3,(H,20,23);1H. The summed E-state index contributed by atoms with van der Waals surface area (Å²) in [5.41, 5.74) is 1.82. The Morgan fingerprint density at radius 1 is 1.42 bits per heavy atom. The number of carbonyl (C=O) groups is 2. The number of rotatable bonds is 4. The number of hydrogen-bond donors (Lipinski definition) is 2. The van der Waals surface area contributed by atoms with Crippen LogP contribution in [0.25, 0.3) is 0 Å². The molecule has 1 saturated heterocycles. The molecule has 1 atom stereocenters. The van der Waals surface area contributed by atoms with Crippen molar-refractivity contribution in [3.05, 3.63) is 29.1 Å². The van der Waals surface area contributed by atoms with Crippen LogP contribution in [-0.2, 0) is 22.6 Å². The second kappa shape index (κ2) is 7.94. The Hall–Kier alpha value is -1.66. The van der Waals surface area contributed by atoms with Gasteiger partial charge in [-0.25, -0.2) is 4.39 Å². The number of halogens is 2. The summed E-state index contributed by atoms with van der Waals surface area (Å²) in [6.45, 7) is 3.86. The number of nitrogens with zero attached hydrogens (tertiary/aromatic N) is 1. The first-order valence-corrected chi connectivity index (χ1v) is 8.23. The van der Waals surface area contributed by atoms with E-state index in [4.69, 9.17) is 0 Å². The summed E-state index contributed by atoms with van der Waals surface area (Å²) in [5.74, 6) is -0.653. The van der Waals surface area contributed by atoms with Crippen LogP contribution in [-0.4, -0.2) is 35.8 Å². The van der Waals surface area contributed by atoms with Gasteiger partial charge in [0.1, 0.15) is 11.9 Å². The van der Waals surface area contributed by atoms with E-state index in [9.17, 15) is 14.0 Å². The third kappa shape index (κ3) is 3.54. The molecule has 0 saturated carbocycles. The second-order valence-electron chi connectivity index (χ2n) is 6.10. The number of hydrogen-bond acceptors (Lipinski definition) is 3. The third-order valence-electron chi connectivity index (χ3n) is 4.64. The summed E-state index contributed by atoms with van der Waals surface area (Å²) in [4.78, 5) is 26.0. The van der Waals surface area contributed by atoms with Gasteiger partial charge in [0, 0.05) is 19.5 Å². The van der Waals surface area contributed by atoms with E-state index in [1.807, 2.05) is 13.0 Å². The molecule has 0 bridgehead atoms. The topological polar surface area (TPSA) is 61.4 Å². The molecule has 2 aliphatic heterocycles. The molecule has 24 heavy (non-hydrogen) atoms. The molecule has 2 N–H and O–H groups in total. The fourth-order valence-corrected chi connectivity index (χ4v) is 3.39. The Labute approximate surface area is 147 Å². The molecule has 7 heteroatoms.